The Kier molecular flexibility index (Phi) is 4.56. The molecule has 2 nitrogen and oxygen atoms in total. The third-order valence-corrected chi connectivity index (χ3v) is 1.26. The number of hydrogen-bond acceptors (Lipinski definition) is 2. The molecule has 2 heteroatoms. The van der Waals surface area contributed by atoms with Gasteiger partial charge in [0.05, 0.1) is 0 Å². The van der Waals surface area contributed by atoms with Crippen LogP contribution in [0, 0.1) is 11.3 Å². The average molecular weight is 115 g/mol. The molecule has 48 valence electrons. The van der Waals surface area contributed by atoms with Crippen molar-refractivity contribution in [2.24, 2.45) is 5.92 Å². The first-order chi connectivity index (χ1) is 3.85. The molecule has 0 fully saturated rings. The van der Waals surface area contributed by atoms with Crippen molar-refractivity contribution in [3.05, 3.63) is 0 Å². The molecule has 0 saturated heterocycles. The van der Waals surface area contributed by atoms with Crippen molar-refractivity contribution in [1.82, 2.24) is 0 Å². The lowest BCUT2D eigenvalue weighted by Gasteiger charge is -2.02. The predicted molar refractivity (Wildman–Crippen MR) is 34.3 cm³/mol. The van der Waals surface area contributed by atoms with Gasteiger partial charge < -0.3 is 10.5 Å². The first-order valence-electron chi connectivity index (χ1n) is 2.96. The molecule has 2 N–H and O–H groups in total. The second-order valence-corrected chi connectivity index (χ2v) is 1.85. The lowest BCUT2D eigenvalue weighted by Crippen LogP contribution is -2.01. The summed E-state index contributed by atoms with van der Waals surface area (Å²) < 4.78 is 0. The van der Waals surface area contributed by atoms with Gasteiger partial charge in [-0.1, -0.05) is 6.92 Å². The van der Waals surface area contributed by atoms with Crippen LogP contribution in [-0.4, -0.2) is 17.9 Å². The standard InChI is InChI=1S/C6H13NO/c1-2-6(5-7)3-4-8/h5-8H,2-4H2,1H3. The average Bonchev–Trinajstić information content (AvgIpc) is 1.83. The fraction of sp³-hybridized carbons (Fsp3) is 0.833. The zero-order chi connectivity index (χ0) is 6.41. The fourth-order valence-corrected chi connectivity index (χ4v) is 0.571. The Morgan fingerprint density at radius 2 is 2.38 bits per heavy atom. The summed E-state index contributed by atoms with van der Waals surface area (Å²) in [6, 6.07) is 0. The molecule has 0 aromatic carbocycles. The molecule has 0 aliphatic rings. The van der Waals surface area contributed by atoms with Crippen molar-refractivity contribution in [2.45, 2.75) is 19.8 Å². The highest BCUT2D eigenvalue weighted by Crippen LogP contribution is 2.01. The van der Waals surface area contributed by atoms with Gasteiger partial charge in [0.25, 0.3) is 0 Å². The van der Waals surface area contributed by atoms with E-state index in [9.17, 15) is 0 Å². The Morgan fingerprint density at radius 1 is 1.75 bits per heavy atom. The summed E-state index contributed by atoms with van der Waals surface area (Å²) in [5, 5.41) is 15.2. The van der Waals surface area contributed by atoms with Crippen LogP contribution in [0.2, 0.25) is 0 Å². The van der Waals surface area contributed by atoms with Gasteiger partial charge in [-0.2, -0.15) is 0 Å². The van der Waals surface area contributed by atoms with Gasteiger partial charge in [0.15, 0.2) is 0 Å². The SMILES string of the molecule is CCC(C=N)CCO. The molecule has 0 aliphatic heterocycles. The first kappa shape index (κ1) is 7.63. The van der Waals surface area contributed by atoms with E-state index in [4.69, 9.17) is 10.5 Å². The second-order valence-electron chi connectivity index (χ2n) is 1.85. The highest BCUT2D eigenvalue weighted by molar-refractivity contribution is 5.56. The molecule has 1 atom stereocenters. The minimum atomic E-state index is 0.202. The Morgan fingerprint density at radius 3 is 2.50 bits per heavy atom. The van der Waals surface area contributed by atoms with Gasteiger partial charge in [-0.25, -0.2) is 0 Å². The van der Waals surface area contributed by atoms with E-state index in [1.54, 1.807) is 0 Å². The Bertz CT molecular complexity index is 63.5. The van der Waals surface area contributed by atoms with Gasteiger partial charge >= 0.3 is 0 Å². The van der Waals surface area contributed by atoms with E-state index in [1.165, 1.54) is 6.21 Å². The molecule has 8 heavy (non-hydrogen) atoms. The van der Waals surface area contributed by atoms with E-state index in [-0.39, 0.29) is 6.61 Å². The van der Waals surface area contributed by atoms with E-state index in [1.807, 2.05) is 6.92 Å². The van der Waals surface area contributed by atoms with Crippen molar-refractivity contribution < 1.29 is 5.11 Å². The van der Waals surface area contributed by atoms with E-state index in [0.717, 1.165) is 12.8 Å². The maximum Gasteiger partial charge on any atom is 0.0437 e. The van der Waals surface area contributed by atoms with Crippen LogP contribution >= 0.6 is 0 Å². The summed E-state index contributed by atoms with van der Waals surface area (Å²) in [5.41, 5.74) is 0. The summed E-state index contributed by atoms with van der Waals surface area (Å²) >= 11 is 0. The van der Waals surface area contributed by atoms with Crippen LogP contribution in [0.25, 0.3) is 0 Å². The molecular formula is C6H13NO. The van der Waals surface area contributed by atoms with Crippen LogP contribution in [0.15, 0.2) is 0 Å². The van der Waals surface area contributed by atoms with Crippen LogP contribution in [-0.2, 0) is 0 Å². The van der Waals surface area contributed by atoms with E-state index < -0.39 is 0 Å². The zero-order valence-electron chi connectivity index (χ0n) is 5.22. The van der Waals surface area contributed by atoms with Crippen LogP contribution in [0.5, 0.6) is 0 Å². The molecule has 0 amide bonds. The van der Waals surface area contributed by atoms with E-state index in [2.05, 4.69) is 0 Å². The van der Waals surface area contributed by atoms with Gasteiger partial charge in [0, 0.05) is 6.61 Å². The molecule has 0 heterocycles. The molecule has 0 bridgehead atoms. The van der Waals surface area contributed by atoms with Crippen molar-refractivity contribution in [1.29, 1.82) is 5.41 Å². The minimum Gasteiger partial charge on any atom is -0.396 e. The second kappa shape index (κ2) is 4.78. The minimum absolute atomic E-state index is 0.202. The quantitative estimate of drug-likeness (QED) is 0.528. The summed E-state index contributed by atoms with van der Waals surface area (Å²) in [6.07, 6.45) is 3.10. The Labute approximate surface area is 50.0 Å². The molecule has 0 aromatic rings. The number of hydrogen-bond donors (Lipinski definition) is 2. The molecule has 0 aliphatic carbocycles. The third-order valence-electron chi connectivity index (χ3n) is 1.26. The molecule has 0 saturated carbocycles. The fourth-order valence-electron chi connectivity index (χ4n) is 0.571. The van der Waals surface area contributed by atoms with Crippen LogP contribution < -0.4 is 0 Å². The normalized spacial score (nSPS) is 13.2. The molecular weight excluding hydrogens is 102 g/mol. The van der Waals surface area contributed by atoms with Gasteiger partial charge in [-0.3, -0.25) is 0 Å². The molecule has 0 spiro atoms. The summed E-state index contributed by atoms with van der Waals surface area (Å²) in [5.74, 6) is 0.292. The largest absolute Gasteiger partial charge is 0.396 e. The van der Waals surface area contributed by atoms with Gasteiger partial charge in [0.1, 0.15) is 0 Å². The first-order valence-corrected chi connectivity index (χ1v) is 2.96. The predicted octanol–water partition coefficient (Wildman–Crippen LogP) is 1.04. The van der Waals surface area contributed by atoms with Gasteiger partial charge in [0.2, 0.25) is 0 Å². The van der Waals surface area contributed by atoms with Crippen molar-refractivity contribution in [2.75, 3.05) is 6.61 Å². The zero-order valence-corrected chi connectivity index (χ0v) is 5.22. The summed E-state index contributed by atoms with van der Waals surface area (Å²) in [4.78, 5) is 0. The van der Waals surface area contributed by atoms with Gasteiger partial charge in [-0.05, 0) is 25.0 Å². The topological polar surface area (TPSA) is 44.1 Å². The maximum atomic E-state index is 8.40. The van der Waals surface area contributed by atoms with E-state index in [0.29, 0.717) is 5.92 Å². The maximum absolute atomic E-state index is 8.40. The number of rotatable bonds is 4. The number of aliphatic hydroxyl groups is 1. The monoisotopic (exact) mass is 115 g/mol. The van der Waals surface area contributed by atoms with Crippen molar-refractivity contribution in [3.8, 4) is 0 Å². The summed E-state index contributed by atoms with van der Waals surface area (Å²) in [7, 11) is 0. The lowest BCUT2D eigenvalue weighted by molar-refractivity contribution is 0.273. The molecule has 0 rings (SSSR count). The molecule has 1 unspecified atom stereocenters. The van der Waals surface area contributed by atoms with Crippen molar-refractivity contribution in [3.63, 3.8) is 0 Å². The highest BCUT2D eigenvalue weighted by Gasteiger charge is 1.98. The van der Waals surface area contributed by atoms with E-state index >= 15 is 0 Å². The van der Waals surface area contributed by atoms with Crippen LogP contribution in [0.4, 0.5) is 0 Å². The van der Waals surface area contributed by atoms with Crippen molar-refractivity contribution >= 4 is 6.21 Å². The van der Waals surface area contributed by atoms with Gasteiger partial charge in [-0.15, -0.1) is 0 Å². The summed E-state index contributed by atoms with van der Waals surface area (Å²) in [6.45, 7) is 2.22. The smallest absolute Gasteiger partial charge is 0.0437 e. The Balaban J connectivity index is 3.21. The number of nitrogens with one attached hydrogen (secondary N) is 1. The van der Waals surface area contributed by atoms with Crippen LogP contribution in [0.3, 0.4) is 0 Å². The van der Waals surface area contributed by atoms with Crippen LogP contribution in [0.1, 0.15) is 19.8 Å². The third kappa shape index (κ3) is 2.75. The highest BCUT2D eigenvalue weighted by atomic mass is 16.3. The lowest BCUT2D eigenvalue weighted by atomic mass is 10.1. The number of aliphatic hydroxyl groups excluding tert-OH is 1. The Hall–Kier alpha value is -0.370. The molecule has 0 radical (unpaired) electrons. The molecule has 0 aromatic heterocycles.